The summed E-state index contributed by atoms with van der Waals surface area (Å²) in [6.45, 7) is 2.95. The highest BCUT2D eigenvalue weighted by molar-refractivity contribution is 6.01. The maximum atomic E-state index is 13.0. The molecule has 2 aliphatic heterocycles. The first-order valence-electron chi connectivity index (χ1n) is 11.8. The van der Waals surface area contributed by atoms with Gasteiger partial charge < -0.3 is 23.8 Å². The number of benzene rings is 2. The van der Waals surface area contributed by atoms with Crippen molar-refractivity contribution in [3.8, 4) is 28.6 Å². The minimum Gasteiger partial charge on any atom is -0.497 e. The van der Waals surface area contributed by atoms with Gasteiger partial charge in [0.15, 0.2) is 11.6 Å². The van der Waals surface area contributed by atoms with Gasteiger partial charge in [-0.15, -0.1) is 0 Å². The molecule has 0 N–H and O–H groups in total. The number of methoxy groups -OCH3 is 2. The standard InChI is InChI=1S/C27H27N3O6/c1-4-35-26(32)21-15-28-24(17-5-7-18(33-2)8-6-17)29-25(21)30-12-11-27(16-30)14-22(31)20-13-19(34-3)9-10-23(20)36-27/h5-10,13,15H,4,11-12,14,16H2,1-3H3. The molecule has 1 aromatic heterocycles. The van der Waals surface area contributed by atoms with E-state index in [0.29, 0.717) is 48.2 Å². The first-order chi connectivity index (χ1) is 17.4. The maximum absolute atomic E-state index is 13.0. The molecule has 186 valence electrons. The summed E-state index contributed by atoms with van der Waals surface area (Å²) in [7, 11) is 3.17. The molecule has 2 aliphatic rings. The first-order valence-corrected chi connectivity index (χ1v) is 11.8. The summed E-state index contributed by atoms with van der Waals surface area (Å²) in [5, 5.41) is 0. The lowest BCUT2D eigenvalue weighted by molar-refractivity contribution is 0.0514. The van der Waals surface area contributed by atoms with Crippen molar-refractivity contribution in [3.05, 3.63) is 59.8 Å². The molecule has 0 radical (unpaired) electrons. The van der Waals surface area contributed by atoms with Gasteiger partial charge in [0.2, 0.25) is 0 Å². The van der Waals surface area contributed by atoms with E-state index >= 15 is 0 Å². The van der Waals surface area contributed by atoms with Crippen LogP contribution in [0.1, 0.15) is 40.5 Å². The van der Waals surface area contributed by atoms with Crippen molar-refractivity contribution in [2.24, 2.45) is 0 Å². The smallest absolute Gasteiger partial charge is 0.343 e. The molecule has 1 unspecified atom stereocenters. The largest absolute Gasteiger partial charge is 0.497 e. The zero-order valence-corrected chi connectivity index (χ0v) is 20.4. The van der Waals surface area contributed by atoms with Crippen LogP contribution >= 0.6 is 0 Å². The summed E-state index contributed by atoms with van der Waals surface area (Å²) in [6.07, 6.45) is 2.34. The molecule has 0 saturated carbocycles. The highest BCUT2D eigenvalue weighted by atomic mass is 16.5. The van der Waals surface area contributed by atoms with Gasteiger partial charge in [-0.2, -0.15) is 0 Å². The average Bonchev–Trinajstić information content (AvgIpc) is 3.31. The van der Waals surface area contributed by atoms with E-state index in [1.54, 1.807) is 39.3 Å². The average molecular weight is 490 g/mol. The Morgan fingerprint density at radius 3 is 2.58 bits per heavy atom. The number of ketones is 1. The van der Waals surface area contributed by atoms with E-state index in [2.05, 4.69) is 4.98 Å². The Bertz CT molecular complexity index is 1310. The van der Waals surface area contributed by atoms with Crippen LogP contribution in [-0.2, 0) is 4.74 Å². The van der Waals surface area contributed by atoms with E-state index in [0.717, 1.165) is 11.3 Å². The van der Waals surface area contributed by atoms with E-state index in [-0.39, 0.29) is 24.4 Å². The Morgan fingerprint density at radius 2 is 1.86 bits per heavy atom. The quantitative estimate of drug-likeness (QED) is 0.477. The summed E-state index contributed by atoms with van der Waals surface area (Å²) in [5.41, 5.74) is 0.872. The number of anilines is 1. The number of ether oxygens (including phenoxy) is 4. The number of hydrogen-bond donors (Lipinski definition) is 0. The number of nitrogens with zero attached hydrogens (tertiary/aromatic N) is 3. The molecule has 9 nitrogen and oxygen atoms in total. The molecule has 0 aliphatic carbocycles. The highest BCUT2D eigenvalue weighted by Crippen LogP contribution is 2.41. The fourth-order valence-corrected chi connectivity index (χ4v) is 4.70. The number of aromatic nitrogens is 2. The Balaban J connectivity index is 1.47. The van der Waals surface area contributed by atoms with Gasteiger partial charge in [0.25, 0.3) is 0 Å². The van der Waals surface area contributed by atoms with Crippen LogP contribution in [-0.4, -0.2) is 61.2 Å². The Kier molecular flexibility index (Phi) is 6.22. The van der Waals surface area contributed by atoms with Crippen LogP contribution in [0.3, 0.4) is 0 Å². The third-order valence-corrected chi connectivity index (χ3v) is 6.52. The SMILES string of the molecule is CCOC(=O)c1cnc(-c2ccc(OC)cc2)nc1N1CCC2(CC(=O)c3cc(OC)ccc3O2)C1. The number of fused-ring (bicyclic) bond motifs is 1. The van der Waals surface area contributed by atoms with Crippen molar-refractivity contribution >= 4 is 17.6 Å². The van der Waals surface area contributed by atoms with Crippen molar-refractivity contribution in [1.29, 1.82) is 0 Å². The maximum Gasteiger partial charge on any atom is 0.343 e. The Morgan fingerprint density at radius 1 is 1.11 bits per heavy atom. The number of esters is 1. The van der Waals surface area contributed by atoms with Crippen LogP contribution in [0.25, 0.3) is 11.4 Å². The van der Waals surface area contributed by atoms with Gasteiger partial charge in [-0.25, -0.2) is 14.8 Å². The Hall–Kier alpha value is -4.14. The predicted octanol–water partition coefficient (Wildman–Crippen LogP) is 3.95. The molecular weight excluding hydrogens is 462 g/mol. The minimum atomic E-state index is -0.712. The normalized spacial score (nSPS) is 18.5. The van der Waals surface area contributed by atoms with Crippen LogP contribution in [0.4, 0.5) is 5.82 Å². The summed E-state index contributed by atoms with van der Waals surface area (Å²) in [5.74, 6) is 2.32. The van der Waals surface area contributed by atoms with E-state index in [9.17, 15) is 9.59 Å². The molecule has 0 amide bonds. The van der Waals surface area contributed by atoms with Gasteiger partial charge in [-0.05, 0) is 49.4 Å². The van der Waals surface area contributed by atoms with Crippen LogP contribution in [0.15, 0.2) is 48.7 Å². The number of carbonyl (C=O) groups excluding carboxylic acids is 2. The fraction of sp³-hybridized carbons (Fsp3) is 0.333. The lowest BCUT2D eigenvalue weighted by Crippen LogP contribution is -2.44. The molecule has 1 saturated heterocycles. The number of rotatable bonds is 6. The zero-order valence-electron chi connectivity index (χ0n) is 20.4. The number of carbonyl (C=O) groups is 2. The highest BCUT2D eigenvalue weighted by Gasteiger charge is 2.47. The molecule has 1 spiro atoms. The third kappa shape index (κ3) is 4.32. The molecule has 0 bridgehead atoms. The second kappa shape index (κ2) is 9.49. The predicted molar refractivity (Wildman–Crippen MR) is 132 cm³/mol. The van der Waals surface area contributed by atoms with Crippen molar-refractivity contribution in [2.45, 2.75) is 25.4 Å². The van der Waals surface area contributed by atoms with Gasteiger partial charge in [-0.3, -0.25) is 4.79 Å². The topological polar surface area (TPSA) is 100 Å². The van der Waals surface area contributed by atoms with Gasteiger partial charge in [-0.1, -0.05) is 0 Å². The van der Waals surface area contributed by atoms with E-state index in [4.69, 9.17) is 23.9 Å². The second-order valence-corrected chi connectivity index (χ2v) is 8.80. The summed E-state index contributed by atoms with van der Waals surface area (Å²) >= 11 is 0. The summed E-state index contributed by atoms with van der Waals surface area (Å²) in [4.78, 5) is 37.0. The second-order valence-electron chi connectivity index (χ2n) is 8.80. The number of Topliss-reactive ketones (excluding diaryl/α,β-unsaturated/α-hetero) is 1. The Labute approximate surface area is 209 Å². The molecule has 1 fully saturated rings. The van der Waals surface area contributed by atoms with E-state index in [1.807, 2.05) is 29.2 Å². The van der Waals surface area contributed by atoms with Crippen LogP contribution in [0.2, 0.25) is 0 Å². The summed E-state index contributed by atoms with van der Waals surface area (Å²) in [6, 6.07) is 12.6. The molecule has 36 heavy (non-hydrogen) atoms. The van der Waals surface area contributed by atoms with Crippen LogP contribution in [0, 0.1) is 0 Å². The van der Waals surface area contributed by atoms with Gasteiger partial charge in [0.1, 0.15) is 34.2 Å². The number of hydrogen-bond acceptors (Lipinski definition) is 9. The van der Waals surface area contributed by atoms with Crippen LogP contribution < -0.4 is 19.1 Å². The molecule has 9 heteroatoms. The molecule has 2 aromatic carbocycles. The first kappa shape index (κ1) is 23.6. The summed E-state index contributed by atoms with van der Waals surface area (Å²) < 4.78 is 22.2. The molecule has 1 atom stereocenters. The van der Waals surface area contributed by atoms with Gasteiger partial charge in [0.05, 0.1) is 39.4 Å². The van der Waals surface area contributed by atoms with Crippen LogP contribution in [0.5, 0.6) is 17.2 Å². The lowest BCUT2D eigenvalue weighted by Gasteiger charge is -2.35. The van der Waals surface area contributed by atoms with E-state index in [1.165, 1.54) is 6.20 Å². The molecule has 3 aromatic rings. The lowest BCUT2D eigenvalue weighted by atomic mass is 9.89. The molecule has 5 rings (SSSR count). The van der Waals surface area contributed by atoms with Crippen molar-refractivity contribution in [1.82, 2.24) is 9.97 Å². The third-order valence-electron chi connectivity index (χ3n) is 6.52. The fourth-order valence-electron chi connectivity index (χ4n) is 4.70. The van der Waals surface area contributed by atoms with Gasteiger partial charge >= 0.3 is 5.97 Å². The van der Waals surface area contributed by atoms with E-state index < -0.39 is 11.6 Å². The molecule has 3 heterocycles. The van der Waals surface area contributed by atoms with Gasteiger partial charge in [0, 0.05) is 24.7 Å². The van der Waals surface area contributed by atoms with Crippen molar-refractivity contribution < 1.29 is 28.5 Å². The van der Waals surface area contributed by atoms with Crippen molar-refractivity contribution in [3.63, 3.8) is 0 Å². The van der Waals surface area contributed by atoms with Crippen molar-refractivity contribution in [2.75, 3.05) is 38.8 Å². The zero-order chi connectivity index (χ0) is 25.3. The monoisotopic (exact) mass is 489 g/mol. The minimum absolute atomic E-state index is 0.00391. The molecular formula is C27H27N3O6.